The lowest BCUT2D eigenvalue weighted by molar-refractivity contribution is -0.141. The number of methoxy groups -OCH3 is 2. The van der Waals surface area contributed by atoms with Crippen LogP contribution in [-0.2, 0) is 21.3 Å². The van der Waals surface area contributed by atoms with Crippen molar-refractivity contribution in [3.8, 4) is 40.1 Å². The quantitative estimate of drug-likeness (QED) is 0.291. The summed E-state index contributed by atoms with van der Waals surface area (Å²) < 4.78 is 35.6. The number of phenolic OH excluding ortho intramolecular Hbond substituents is 1. The van der Waals surface area contributed by atoms with Gasteiger partial charge < -0.3 is 33.5 Å². The number of rotatable bonds is 6. The maximum atomic E-state index is 13.7. The van der Waals surface area contributed by atoms with E-state index < -0.39 is 35.8 Å². The lowest BCUT2D eigenvalue weighted by Crippen LogP contribution is -2.36. The minimum atomic E-state index is -0.867. The second kappa shape index (κ2) is 10.6. The third-order valence-electron chi connectivity index (χ3n) is 8.30. The Morgan fingerprint density at radius 1 is 1.09 bits per heavy atom. The first kappa shape index (κ1) is 28.3. The van der Waals surface area contributed by atoms with Crippen molar-refractivity contribution in [2.45, 2.75) is 18.9 Å². The van der Waals surface area contributed by atoms with Gasteiger partial charge in [-0.05, 0) is 42.3 Å². The molecule has 4 aromatic rings. The first-order chi connectivity index (χ1) is 21.2. The highest BCUT2D eigenvalue weighted by molar-refractivity contribution is 7.13. The van der Waals surface area contributed by atoms with E-state index in [-0.39, 0.29) is 35.7 Å². The Hall–Kier alpha value is -4.49. The minimum absolute atomic E-state index is 0.0286. The van der Waals surface area contributed by atoms with Gasteiger partial charge in [-0.15, -0.1) is 11.3 Å². The highest BCUT2D eigenvalue weighted by Gasteiger charge is 2.54. The predicted octanol–water partition coefficient (Wildman–Crippen LogP) is 4.79. The van der Waals surface area contributed by atoms with Crippen LogP contribution in [0, 0.1) is 18.8 Å². The van der Waals surface area contributed by atoms with E-state index in [0.717, 1.165) is 4.88 Å². The van der Waals surface area contributed by atoms with Crippen molar-refractivity contribution in [3.05, 3.63) is 62.1 Å². The van der Waals surface area contributed by atoms with Gasteiger partial charge in [-0.25, -0.2) is 9.78 Å². The maximum absolute atomic E-state index is 13.7. The topological polar surface area (TPSA) is 140 Å². The van der Waals surface area contributed by atoms with Crippen LogP contribution in [0.5, 0.6) is 28.7 Å². The monoisotopic (exact) mass is 639 g/mol. The second-order valence-corrected chi connectivity index (χ2v) is 12.2. The average molecular weight is 640 g/mol. The van der Waals surface area contributed by atoms with Crippen LogP contribution in [-0.4, -0.2) is 59.4 Å². The zero-order valence-electron chi connectivity index (χ0n) is 24.0. The number of aryl methyl sites for hydroxylation is 2. The molecule has 7 rings (SSSR count). The molecular formula is C30H26ClN3O9S. The van der Waals surface area contributed by atoms with Gasteiger partial charge in [-0.1, -0.05) is 11.6 Å². The Balaban J connectivity index is 1.33. The summed E-state index contributed by atoms with van der Waals surface area (Å²) in [6.45, 7) is 1.90. The molecule has 1 fully saturated rings. The molecule has 4 atom stereocenters. The molecule has 14 heteroatoms. The first-order valence-corrected chi connectivity index (χ1v) is 14.8. The van der Waals surface area contributed by atoms with Crippen LogP contribution >= 0.6 is 22.9 Å². The molecule has 44 heavy (non-hydrogen) atoms. The van der Waals surface area contributed by atoms with Gasteiger partial charge in [0.2, 0.25) is 17.6 Å². The van der Waals surface area contributed by atoms with Crippen molar-refractivity contribution in [1.82, 2.24) is 14.8 Å². The van der Waals surface area contributed by atoms with E-state index in [0.29, 0.717) is 44.6 Å². The van der Waals surface area contributed by atoms with Gasteiger partial charge in [0.15, 0.2) is 23.0 Å². The summed E-state index contributed by atoms with van der Waals surface area (Å²) in [6, 6.07) is 6.90. The average Bonchev–Trinajstić information content (AvgIpc) is 3.79. The van der Waals surface area contributed by atoms with Crippen molar-refractivity contribution in [3.63, 3.8) is 0 Å². The smallest absolute Gasteiger partial charge is 0.368 e. The molecule has 228 valence electrons. The van der Waals surface area contributed by atoms with Gasteiger partial charge in [-0.3, -0.25) is 9.48 Å². The van der Waals surface area contributed by atoms with Gasteiger partial charge in [0.1, 0.15) is 17.5 Å². The third kappa shape index (κ3) is 4.33. The van der Waals surface area contributed by atoms with Crippen LogP contribution in [0.3, 0.4) is 0 Å². The highest BCUT2D eigenvalue weighted by Crippen LogP contribution is 2.56. The fourth-order valence-corrected chi connectivity index (χ4v) is 7.36. The summed E-state index contributed by atoms with van der Waals surface area (Å²) in [5.41, 5.74) is 3.09. The number of phenols is 1. The predicted molar refractivity (Wildman–Crippen MR) is 156 cm³/mol. The molecule has 12 nitrogen and oxygen atoms in total. The summed E-state index contributed by atoms with van der Waals surface area (Å²) in [7, 11) is 4.61. The number of aromatic hydroxyl groups is 1. The molecule has 0 saturated carbocycles. The molecule has 4 heterocycles. The molecule has 2 aromatic carbocycles. The molecule has 0 radical (unpaired) electrons. The zero-order chi connectivity index (χ0) is 30.9. The largest absolute Gasteiger partial charge is 0.502 e. The lowest BCUT2D eigenvalue weighted by Gasteiger charge is -2.38. The van der Waals surface area contributed by atoms with Gasteiger partial charge in [-0.2, -0.15) is 5.10 Å². The number of halogens is 1. The molecular weight excluding hydrogens is 614 g/mol. The molecule has 0 bridgehead atoms. The Morgan fingerprint density at radius 3 is 2.41 bits per heavy atom. The van der Waals surface area contributed by atoms with E-state index in [2.05, 4.69) is 10.1 Å². The number of ether oxygens (including phenoxy) is 6. The summed E-state index contributed by atoms with van der Waals surface area (Å²) in [6.07, 6.45) is 0.651. The normalized spacial score (nSPS) is 21.4. The van der Waals surface area contributed by atoms with Crippen molar-refractivity contribution in [2.24, 2.45) is 18.9 Å². The standard InChI is InChI=1S/C30H26ClN3O9S/c1-12-24(25-17(31)9-32-34(25)2)33-28(44-12)30(37)43-27-15-8-19-18(41-11-42-19)7-14(15)22(23-16(27)10-40-29(23)36)13-5-20(38-3)26(35)21(6-13)39-4/h5-9,16,22-23,27,35H,10-11H2,1-4H3/t16-,22+,23+,27-/m0/s1. The zero-order valence-corrected chi connectivity index (χ0v) is 25.5. The second-order valence-electron chi connectivity index (χ2n) is 10.6. The lowest BCUT2D eigenvalue weighted by atomic mass is 9.66. The molecule has 0 unspecified atom stereocenters. The van der Waals surface area contributed by atoms with Gasteiger partial charge in [0.05, 0.1) is 38.0 Å². The number of cyclic esters (lactones) is 1. The van der Waals surface area contributed by atoms with Crippen molar-refractivity contribution >= 4 is 34.9 Å². The third-order valence-corrected chi connectivity index (χ3v) is 9.53. The number of hydrogen-bond acceptors (Lipinski definition) is 12. The molecule has 0 spiro atoms. The summed E-state index contributed by atoms with van der Waals surface area (Å²) in [5, 5.41) is 15.3. The minimum Gasteiger partial charge on any atom is -0.502 e. The van der Waals surface area contributed by atoms with Gasteiger partial charge >= 0.3 is 11.9 Å². The van der Waals surface area contributed by atoms with Crippen molar-refractivity contribution in [2.75, 3.05) is 27.6 Å². The number of hydrogen-bond donors (Lipinski definition) is 1. The van der Waals surface area contributed by atoms with E-state index in [1.54, 1.807) is 36.0 Å². The van der Waals surface area contributed by atoms with Crippen LogP contribution in [0.1, 0.15) is 43.4 Å². The fraction of sp³-hybridized carbons (Fsp3) is 0.333. The number of nitrogens with zero attached hydrogens (tertiary/aromatic N) is 3. The Bertz CT molecular complexity index is 1790. The molecule has 2 aliphatic heterocycles. The maximum Gasteiger partial charge on any atom is 0.368 e. The Kier molecular flexibility index (Phi) is 6.81. The summed E-state index contributed by atoms with van der Waals surface area (Å²) in [4.78, 5) is 32.4. The molecule has 2 aromatic heterocycles. The number of esters is 2. The van der Waals surface area contributed by atoms with E-state index in [4.69, 9.17) is 40.0 Å². The Morgan fingerprint density at radius 2 is 1.77 bits per heavy atom. The van der Waals surface area contributed by atoms with E-state index >= 15 is 0 Å². The van der Waals surface area contributed by atoms with Crippen molar-refractivity contribution in [1.29, 1.82) is 0 Å². The highest BCUT2D eigenvalue weighted by atomic mass is 35.5. The number of benzene rings is 2. The molecule has 3 aliphatic rings. The van der Waals surface area contributed by atoms with E-state index in [9.17, 15) is 14.7 Å². The fourth-order valence-electron chi connectivity index (χ4n) is 6.30. The first-order valence-electron chi connectivity index (χ1n) is 13.6. The number of thiazole rings is 1. The van der Waals surface area contributed by atoms with E-state index in [1.165, 1.54) is 31.8 Å². The van der Waals surface area contributed by atoms with Crippen LogP contribution in [0.25, 0.3) is 11.4 Å². The number of aromatic nitrogens is 3. The van der Waals surface area contributed by atoms with E-state index in [1.807, 2.05) is 6.92 Å². The van der Waals surface area contributed by atoms with Gasteiger partial charge in [0.25, 0.3) is 0 Å². The van der Waals surface area contributed by atoms with Crippen LogP contribution in [0.2, 0.25) is 5.02 Å². The molecule has 1 saturated heterocycles. The van der Waals surface area contributed by atoms with Crippen LogP contribution < -0.4 is 18.9 Å². The number of fused-ring (bicyclic) bond motifs is 3. The Labute approximate surface area is 260 Å². The molecule has 1 aliphatic carbocycles. The molecule has 1 N–H and O–H groups in total. The molecule has 0 amide bonds. The van der Waals surface area contributed by atoms with Crippen molar-refractivity contribution < 1.29 is 43.1 Å². The summed E-state index contributed by atoms with van der Waals surface area (Å²) in [5.74, 6) is -1.75. The van der Waals surface area contributed by atoms with Crippen LogP contribution in [0.4, 0.5) is 0 Å². The van der Waals surface area contributed by atoms with Crippen LogP contribution in [0.15, 0.2) is 30.5 Å². The number of carbonyl (C=O) groups is 2. The summed E-state index contributed by atoms with van der Waals surface area (Å²) >= 11 is 7.53. The number of carbonyl (C=O) groups excluding carboxylic acids is 2. The van der Waals surface area contributed by atoms with Gasteiger partial charge in [0, 0.05) is 29.3 Å². The SMILES string of the molecule is COc1cc([C@@H]2c3cc4c(cc3[C@H](OC(=O)c3nc(-c5c(Cl)cnn5C)c(C)s3)[C@H]3COC(=O)[C@@H]23)OCO4)cc(OC)c1O.